The molecule has 0 saturated heterocycles. The largest absolute Gasteiger partial charge is 0.445 e. The predicted octanol–water partition coefficient (Wildman–Crippen LogP) is 1.58. The van der Waals surface area contributed by atoms with Crippen molar-refractivity contribution < 1.29 is 9.53 Å². The molecule has 0 radical (unpaired) electrons. The molecule has 1 aliphatic rings. The summed E-state index contributed by atoms with van der Waals surface area (Å²) in [6.45, 7) is 1.25. The van der Waals surface area contributed by atoms with E-state index in [1.165, 1.54) is 6.42 Å². The molecule has 0 fully saturated rings. The highest BCUT2D eigenvalue weighted by Crippen LogP contribution is 2.23. The first-order chi connectivity index (χ1) is 8.24. The summed E-state index contributed by atoms with van der Waals surface area (Å²) in [5.41, 5.74) is 7.96. The number of rotatable bonds is 2. The van der Waals surface area contributed by atoms with Gasteiger partial charge >= 0.3 is 6.09 Å². The average molecular weight is 231 g/mol. The number of fused-ring (bicyclic) bond motifs is 3. The van der Waals surface area contributed by atoms with Crippen LogP contribution >= 0.6 is 0 Å². The molecular weight excluding hydrogens is 218 g/mol. The van der Waals surface area contributed by atoms with E-state index >= 15 is 0 Å². The standard InChI is InChI=1S/C12H13N3O2/c13-12(16)17-7-8-3-4-10-9(6-8)14-11-2-1-5-15(10)11/h3-4,6H,1-2,5,7H2,(H2,13,16). The number of amides is 1. The number of aromatic nitrogens is 2. The van der Waals surface area contributed by atoms with Crippen LogP contribution in [0.5, 0.6) is 0 Å². The van der Waals surface area contributed by atoms with Crippen LogP contribution in [0.25, 0.3) is 11.0 Å². The summed E-state index contributed by atoms with van der Waals surface area (Å²) in [7, 11) is 0. The zero-order chi connectivity index (χ0) is 11.8. The number of nitrogens with two attached hydrogens (primary N) is 1. The minimum atomic E-state index is -0.752. The molecule has 0 unspecified atom stereocenters. The summed E-state index contributed by atoms with van der Waals surface area (Å²) < 4.78 is 7.00. The molecule has 0 atom stereocenters. The van der Waals surface area contributed by atoms with Crippen molar-refractivity contribution in [2.45, 2.75) is 26.0 Å². The quantitative estimate of drug-likeness (QED) is 0.853. The summed E-state index contributed by atoms with van der Waals surface area (Å²) in [4.78, 5) is 15.1. The molecule has 0 saturated carbocycles. The van der Waals surface area contributed by atoms with Gasteiger partial charge in [-0.15, -0.1) is 0 Å². The van der Waals surface area contributed by atoms with Gasteiger partial charge in [0.25, 0.3) is 0 Å². The Morgan fingerprint density at radius 1 is 1.53 bits per heavy atom. The Hall–Kier alpha value is -2.04. The Morgan fingerprint density at radius 2 is 2.41 bits per heavy atom. The molecule has 3 rings (SSSR count). The third-order valence-corrected chi connectivity index (χ3v) is 3.05. The fraction of sp³-hybridized carbons (Fsp3) is 0.333. The number of nitrogens with zero attached hydrogens (tertiary/aromatic N) is 2. The Morgan fingerprint density at radius 3 is 3.24 bits per heavy atom. The first-order valence-corrected chi connectivity index (χ1v) is 5.64. The van der Waals surface area contributed by atoms with Crippen LogP contribution in [0.4, 0.5) is 4.79 Å². The molecule has 88 valence electrons. The van der Waals surface area contributed by atoms with Gasteiger partial charge in [0.05, 0.1) is 11.0 Å². The molecule has 2 heterocycles. The minimum Gasteiger partial charge on any atom is -0.445 e. The SMILES string of the molecule is NC(=O)OCc1ccc2c(c1)nc1n2CCC1. The number of primary amides is 1. The number of benzene rings is 1. The number of aryl methyl sites for hydroxylation is 2. The Balaban J connectivity index is 1.94. The molecule has 17 heavy (non-hydrogen) atoms. The van der Waals surface area contributed by atoms with Crippen molar-refractivity contribution in [2.24, 2.45) is 5.73 Å². The van der Waals surface area contributed by atoms with E-state index in [0.29, 0.717) is 0 Å². The lowest BCUT2D eigenvalue weighted by atomic mass is 10.2. The van der Waals surface area contributed by atoms with Crippen molar-refractivity contribution in [3.8, 4) is 0 Å². The predicted molar refractivity (Wildman–Crippen MR) is 62.4 cm³/mol. The Labute approximate surface area is 98.2 Å². The van der Waals surface area contributed by atoms with Crippen molar-refractivity contribution in [1.29, 1.82) is 0 Å². The van der Waals surface area contributed by atoms with Gasteiger partial charge in [0.2, 0.25) is 0 Å². The van der Waals surface area contributed by atoms with E-state index in [1.807, 2.05) is 18.2 Å². The summed E-state index contributed by atoms with van der Waals surface area (Å²) in [6, 6.07) is 5.92. The van der Waals surface area contributed by atoms with Crippen LogP contribution in [0.2, 0.25) is 0 Å². The highest BCUT2D eigenvalue weighted by Gasteiger charge is 2.15. The first-order valence-electron chi connectivity index (χ1n) is 5.64. The van der Waals surface area contributed by atoms with Gasteiger partial charge in [0.1, 0.15) is 12.4 Å². The van der Waals surface area contributed by atoms with Gasteiger partial charge in [0.15, 0.2) is 0 Å². The van der Waals surface area contributed by atoms with Crippen LogP contribution in [0.3, 0.4) is 0 Å². The summed E-state index contributed by atoms with van der Waals surface area (Å²) in [6.07, 6.45) is 1.46. The molecule has 0 spiro atoms. The van der Waals surface area contributed by atoms with E-state index < -0.39 is 6.09 Å². The number of carbonyl (C=O) groups excluding carboxylic acids is 1. The van der Waals surface area contributed by atoms with Crippen LogP contribution in [-0.4, -0.2) is 15.6 Å². The van der Waals surface area contributed by atoms with Crippen LogP contribution in [-0.2, 0) is 24.3 Å². The fourth-order valence-electron chi connectivity index (χ4n) is 2.31. The van der Waals surface area contributed by atoms with Gasteiger partial charge in [-0.2, -0.15) is 0 Å². The monoisotopic (exact) mass is 231 g/mol. The second kappa shape index (κ2) is 3.76. The average Bonchev–Trinajstić information content (AvgIpc) is 2.85. The van der Waals surface area contributed by atoms with Gasteiger partial charge in [-0.25, -0.2) is 9.78 Å². The van der Waals surface area contributed by atoms with E-state index in [1.54, 1.807) is 0 Å². The topological polar surface area (TPSA) is 70.1 Å². The lowest BCUT2D eigenvalue weighted by Crippen LogP contribution is -2.12. The number of carbonyl (C=O) groups is 1. The lowest BCUT2D eigenvalue weighted by molar-refractivity contribution is 0.150. The number of hydrogen-bond acceptors (Lipinski definition) is 3. The Kier molecular flexibility index (Phi) is 2.24. The highest BCUT2D eigenvalue weighted by atomic mass is 16.5. The lowest BCUT2D eigenvalue weighted by Gasteiger charge is -2.02. The van der Waals surface area contributed by atoms with Gasteiger partial charge in [-0.3, -0.25) is 0 Å². The molecule has 1 aromatic heterocycles. The molecule has 0 bridgehead atoms. The summed E-state index contributed by atoms with van der Waals surface area (Å²) in [5, 5.41) is 0. The second-order valence-electron chi connectivity index (χ2n) is 4.21. The summed E-state index contributed by atoms with van der Waals surface area (Å²) >= 11 is 0. The van der Waals surface area contributed by atoms with Gasteiger partial charge < -0.3 is 15.0 Å². The zero-order valence-corrected chi connectivity index (χ0v) is 9.35. The number of hydrogen-bond donors (Lipinski definition) is 1. The van der Waals surface area contributed by atoms with E-state index in [0.717, 1.165) is 35.4 Å². The summed E-state index contributed by atoms with van der Waals surface area (Å²) in [5.74, 6) is 1.15. The molecule has 2 N–H and O–H groups in total. The maximum atomic E-state index is 10.5. The molecule has 5 heteroatoms. The van der Waals surface area contributed by atoms with Crippen molar-refractivity contribution >= 4 is 17.1 Å². The molecule has 1 aromatic carbocycles. The smallest absolute Gasteiger partial charge is 0.404 e. The zero-order valence-electron chi connectivity index (χ0n) is 9.35. The number of ether oxygens (including phenoxy) is 1. The van der Waals surface area contributed by atoms with Gasteiger partial charge in [-0.1, -0.05) is 6.07 Å². The van der Waals surface area contributed by atoms with Crippen LogP contribution in [0.15, 0.2) is 18.2 Å². The van der Waals surface area contributed by atoms with E-state index in [2.05, 4.69) is 9.55 Å². The maximum absolute atomic E-state index is 10.5. The first kappa shape index (κ1) is 10.1. The van der Waals surface area contributed by atoms with Crippen molar-refractivity contribution in [1.82, 2.24) is 9.55 Å². The second-order valence-corrected chi connectivity index (χ2v) is 4.21. The third-order valence-electron chi connectivity index (χ3n) is 3.05. The normalized spacial score (nSPS) is 13.9. The molecule has 0 aliphatic carbocycles. The van der Waals surface area contributed by atoms with Crippen LogP contribution in [0, 0.1) is 0 Å². The third kappa shape index (κ3) is 1.73. The van der Waals surface area contributed by atoms with Crippen molar-refractivity contribution in [3.63, 3.8) is 0 Å². The number of imidazole rings is 1. The van der Waals surface area contributed by atoms with Crippen LogP contribution < -0.4 is 5.73 Å². The highest BCUT2D eigenvalue weighted by molar-refractivity contribution is 5.77. The Bertz CT molecular complexity index is 589. The maximum Gasteiger partial charge on any atom is 0.404 e. The minimum absolute atomic E-state index is 0.202. The molecule has 1 aliphatic heterocycles. The van der Waals surface area contributed by atoms with E-state index in [9.17, 15) is 4.79 Å². The fourth-order valence-corrected chi connectivity index (χ4v) is 2.31. The molecule has 5 nitrogen and oxygen atoms in total. The van der Waals surface area contributed by atoms with Crippen molar-refractivity contribution in [2.75, 3.05) is 0 Å². The van der Waals surface area contributed by atoms with Crippen LogP contribution in [0.1, 0.15) is 17.8 Å². The van der Waals surface area contributed by atoms with Crippen molar-refractivity contribution in [3.05, 3.63) is 29.6 Å². The molecular formula is C12H13N3O2. The molecule has 2 aromatic rings. The van der Waals surface area contributed by atoms with E-state index in [-0.39, 0.29) is 6.61 Å². The van der Waals surface area contributed by atoms with Gasteiger partial charge in [0, 0.05) is 13.0 Å². The van der Waals surface area contributed by atoms with Gasteiger partial charge in [-0.05, 0) is 24.1 Å². The molecule has 1 amide bonds. The van der Waals surface area contributed by atoms with E-state index in [4.69, 9.17) is 10.5 Å².